The molecule has 0 saturated heterocycles. The quantitative estimate of drug-likeness (QED) is 0.428. The van der Waals surface area contributed by atoms with Crippen LogP contribution in [0.2, 0.25) is 0 Å². The molecule has 2 heteroatoms. The summed E-state index contributed by atoms with van der Waals surface area (Å²) < 4.78 is 2.59. The number of benzene rings is 3. The van der Waals surface area contributed by atoms with Crippen LogP contribution >= 0.6 is 0 Å². The topological polar surface area (TPSA) is 17.0 Å². The molecule has 0 fully saturated rings. The Morgan fingerprint density at radius 1 is 0.852 bits per heavy atom. The monoisotopic (exact) mass is 354 g/mol. The Balaban J connectivity index is 1.73. The second-order valence-corrected chi connectivity index (χ2v) is 7.73. The van der Waals surface area contributed by atoms with Crippen molar-refractivity contribution in [2.45, 2.75) is 44.7 Å². The lowest BCUT2D eigenvalue weighted by Gasteiger charge is -2.35. The minimum absolute atomic E-state index is 0.370. The van der Waals surface area contributed by atoms with Gasteiger partial charge < -0.3 is 9.88 Å². The molecule has 5 rings (SSSR count). The van der Waals surface area contributed by atoms with Crippen molar-refractivity contribution in [3.8, 4) is 0 Å². The average Bonchev–Trinajstić information content (AvgIpc) is 3.06. The Labute approximate surface area is 160 Å². The van der Waals surface area contributed by atoms with E-state index in [-0.39, 0.29) is 0 Å². The molecule has 0 spiro atoms. The zero-order valence-corrected chi connectivity index (χ0v) is 15.9. The minimum atomic E-state index is 0.370. The summed E-state index contributed by atoms with van der Waals surface area (Å²) in [6.07, 6.45) is 4.90. The minimum Gasteiger partial charge on any atom is -0.382 e. The van der Waals surface area contributed by atoms with Crippen molar-refractivity contribution in [2.75, 3.05) is 5.32 Å². The van der Waals surface area contributed by atoms with Gasteiger partial charge in [-0.05, 0) is 36.6 Å². The predicted octanol–water partition coefficient (Wildman–Crippen LogP) is 6.76. The normalized spacial score (nSPS) is 19.1. The summed E-state index contributed by atoms with van der Waals surface area (Å²) in [6, 6.07) is 27.5. The van der Waals surface area contributed by atoms with E-state index in [0.29, 0.717) is 12.1 Å². The molecule has 2 nitrogen and oxygen atoms in total. The van der Waals surface area contributed by atoms with Crippen LogP contribution in [0.15, 0.2) is 72.8 Å². The van der Waals surface area contributed by atoms with Gasteiger partial charge in [-0.25, -0.2) is 0 Å². The van der Waals surface area contributed by atoms with Crippen molar-refractivity contribution in [3.05, 3.63) is 78.4 Å². The predicted molar refractivity (Wildman–Crippen MR) is 116 cm³/mol. The molecule has 136 valence electrons. The van der Waals surface area contributed by atoms with Crippen molar-refractivity contribution >= 4 is 27.5 Å². The maximum atomic E-state index is 3.81. The fourth-order valence-corrected chi connectivity index (χ4v) is 4.77. The second kappa shape index (κ2) is 6.77. The molecule has 0 amide bonds. The molecular formula is C25H26N2. The fraction of sp³-hybridized carbons (Fsp3) is 0.280. The number of aromatic nitrogens is 1. The van der Waals surface area contributed by atoms with Crippen LogP contribution in [0.5, 0.6) is 0 Å². The Bertz CT molecular complexity index is 1040. The molecule has 2 atom stereocenters. The summed E-state index contributed by atoms with van der Waals surface area (Å²) in [6.45, 7) is 2.28. The van der Waals surface area contributed by atoms with Gasteiger partial charge in [0.15, 0.2) is 0 Å². The molecular weight excluding hydrogens is 328 g/mol. The number of fused-ring (bicyclic) bond motifs is 4. The maximum Gasteiger partial charge on any atom is 0.0631 e. The van der Waals surface area contributed by atoms with Gasteiger partial charge in [-0.1, -0.05) is 74.4 Å². The van der Waals surface area contributed by atoms with Crippen molar-refractivity contribution < 1.29 is 0 Å². The van der Waals surface area contributed by atoms with Crippen molar-refractivity contribution in [1.82, 2.24) is 4.57 Å². The molecule has 0 bridgehead atoms. The van der Waals surface area contributed by atoms with E-state index in [4.69, 9.17) is 0 Å². The van der Waals surface area contributed by atoms with Gasteiger partial charge in [0.1, 0.15) is 0 Å². The van der Waals surface area contributed by atoms with E-state index in [1.54, 1.807) is 0 Å². The number of hydrogen-bond donors (Lipinski definition) is 1. The third-order valence-corrected chi connectivity index (χ3v) is 6.02. The number of nitrogens with one attached hydrogen (secondary N) is 1. The van der Waals surface area contributed by atoms with Crippen LogP contribution in [-0.4, -0.2) is 10.6 Å². The highest BCUT2D eigenvalue weighted by Crippen LogP contribution is 2.41. The average molecular weight is 354 g/mol. The summed E-state index contributed by atoms with van der Waals surface area (Å²) in [5, 5.41) is 6.52. The Morgan fingerprint density at radius 2 is 1.48 bits per heavy atom. The molecule has 1 N–H and O–H groups in total. The standard InChI is InChI=1S/C25H26N2/c1-2-3-10-18-17-25(21-13-4-7-14-22(21)26-18)27-23-15-8-5-11-19(23)20-12-6-9-16-24(20)27/h4-9,11-16,18,25-26H,2-3,10,17H2,1H3. The third-order valence-electron chi connectivity index (χ3n) is 6.02. The molecule has 2 unspecified atom stereocenters. The highest BCUT2D eigenvalue weighted by Gasteiger charge is 2.29. The van der Waals surface area contributed by atoms with Gasteiger partial charge in [0, 0.05) is 33.5 Å². The Kier molecular flexibility index (Phi) is 4.12. The highest BCUT2D eigenvalue weighted by atomic mass is 15.1. The first-order valence-corrected chi connectivity index (χ1v) is 10.2. The molecule has 1 aliphatic heterocycles. The number of para-hydroxylation sites is 3. The van der Waals surface area contributed by atoms with E-state index in [0.717, 1.165) is 6.42 Å². The first-order chi connectivity index (χ1) is 13.4. The molecule has 2 heterocycles. The van der Waals surface area contributed by atoms with Gasteiger partial charge >= 0.3 is 0 Å². The number of hydrogen-bond acceptors (Lipinski definition) is 1. The Hall–Kier alpha value is -2.74. The van der Waals surface area contributed by atoms with Gasteiger partial charge in [-0.3, -0.25) is 0 Å². The first kappa shape index (κ1) is 16.4. The smallest absolute Gasteiger partial charge is 0.0631 e. The number of rotatable bonds is 4. The number of unbranched alkanes of at least 4 members (excludes halogenated alkanes) is 1. The summed E-state index contributed by atoms with van der Waals surface area (Å²) in [4.78, 5) is 0. The SMILES string of the molecule is CCCCC1CC(n2c3ccccc3c3ccccc32)c2ccccc2N1. The molecule has 27 heavy (non-hydrogen) atoms. The van der Waals surface area contributed by atoms with Crippen molar-refractivity contribution in [3.63, 3.8) is 0 Å². The van der Waals surface area contributed by atoms with Crippen LogP contribution in [0.3, 0.4) is 0 Å². The van der Waals surface area contributed by atoms with Gasteiger partial charge in [0.05, 0.1) is 6.04 Å². The van der Waals surface area contributed by atoms with E-state index < -0.39 is 0 Å². The van der Waals surface area contributed by atoms with Gasteiger partial charge in [-0.15, -0.1) is 0 Å². The van der Waals surface area contributed by atoms with Crippen LogP contribution in [-0.2, 0) is 0 Å². The van der Waals surface area contributed by atoms with E-state index in [9.17, 15) is 0 Å². The van der Waals surface area contributed by atoms with Gasteiger partial charge in [0.2, 0.25) is 0 Å². The first-order valence-electron chi connectivity index (χ1n) is 10.2. The summed E-state index contributed by atoms with van der Waals surface area (Å²) in [5.41, 5.74) is 5.40. The second-order valence-electron chi connectivity index (χ2n) is 7.73. The maximum absolute atomic E-state index is 3.81. The fourth-order valence-electron chi connectivity index (χ4n) is 4.77. The molecule has 3 aromatic carbocycles. The van der Waals surface area contributed by atoms with Crippen LogP contribution in [0.4, 0.5) is 5.69 Å². The van der Waals surface area contributed by atoms with E-state index >= 15 is 0 Å². The van der Waals surface area contributed by atoms with Gasteiger partial charge in [0.25, 0.3) is 0 Å². The summed E-state index contributed by atoms with van der Waals surface area (Å²) >= 11 is 0. The van der Waals surface area contributed by atoms with Crippen LogP contribution in [0, 0.1) is 0 Å². The molecule has 0 radical (unpaired) electrons. The third kappa shape index (κ3) is 2.71. The lowest BCUT2D eigenvalue weighted by molar-refractivity contribution is 0.465. The van der Waals surface area contributed by atoms with Crippen molar-refractivity contribution in [1.29, 1.82) is 0 Å². The van der Waals surface area contributed by atoms with Gasteiger partial charge in [-0.2, -0.15) is 0 Å². The largest absolute Gasteiger partial charge is 0.382 e. The number of nitrogens with zero attached hydrogens (tertiary/aromatic N) is 1. The van der Waals surface area contributed by atoms with E-state index in [2.05, 4.69) is 89.6 Å². The Morgan fingerprint density at radius 3 is 2.19 bits per heavy atom. The zero-order valence-electron chi connectivity index (χ0n) is 15.9. The summed E-state index contributed by atoms with van der Waals surface area (Å²) in [7, 11) is 0. The lowest BCUT2D eigenvalue weighted by atomic mass is 9.90. The van der Waals surface area contributed by atoms with Crippen LogP contribution < -0.4 is 5.32 Å². The number of anilines is 1. The van der Waals surface area contributed by atoms with E-state index in [1.807, 2.05) is 0 Å². The molecule has 0 saturated carbocycles. The van der Waals surface area contributed by atoms with Crippen molar-refractivity contribution in [2.24, 2.45) is 0 Å². The molecule has 1 aliphatic rings. The molecule has 1 aromatic heterocycles. The van der Waals surface area contributed by atoms with Crippen LogP contribution in [0.25, 0.3) is 21.8 Å². The molecule has 0 aliphatic carbocycles. The van der Waals surface area contributed by atoms with E-state index in [1.165, 1.54) is 52.3 Å². The zero-order chi connectivity index (χ0) is 18.2. The van der Waals surface area contributed by atoms with Crippen LogP contribution in [0.1, 0.15) is 44.2 Å². The summed E-state index contributed by atoms with van der Waals surface area (Å²) in [5.74, 6) is 0. The molecule has 4 aromatic rings. The highest BCUT2D eigenvalue weighted by molar-refractivity contribution is 6.08. The lowest BCUT2D eigenvalue weighted by Crippen LogP contribution is -2.31.